The monoisotopic (exact) mass is 236 g/mol. The standard InChI is InChI=1S/C9H8N4O4/c14-7-2-11-9(17)13(7)3-6-5(8(15)16)1-10-4-12-6/h1,4H,2-3H2,(H,11,17)(H,15,16). The lowest BCUT2D eigenvalue weighted by molar-refractivity contribution is -0.125. The molecule has 1 aromatic rings. The highest BCUT2D eigenvalue weighted by Gasteiger charge is 2.30. The van der Waals surface area contributed by atoms with Crippen molar-refractivity contribution in [2.24, 2.45) is 0 Å². The van der Waals surface area contributed by atoms with Crippen LogP contribution in [0.15, 0.2) is 12.5 Å². The van der Waals surface area contributed by atoms with Gasteiger partial charge in [-0.25, -0.2) is 19.6 Å². The molecule has 0 unspecified atom stereocenters. The molecule has 1 aliphatic heterocycles. The fourth-order valence-corrected chi connectivity index (χ4v) is 1.42. The third kappa shape index (κ3) is 2.05. The Hall–Kier alpha value is -2.51. The minimum Gasteiger partial charge on any atom is -0.478 e. The van der Waals surface area contributed by atoms with Gasteiger partial charge >= 0.3 is 12.0 Å². The number of carboxylic acid groups (broad SMARTS) is 1. The third-order valence-corrected chi connectivity index (χ3v) is 2.27. The van der Waals surface area contributed by atoms with Gasteiger partial charge < -0.3 is 10.4 Å². The highest BCUT2D eigenvalue weighted by molar-refractivity contribution is 6.02. The summed E-state index contributed by atoms with van der Waals surface area (Å²) in [5.41, 5.74) is -0.00194. The maximum absolute atomic E-state index is 11.3. The van der Waals surface area contributed by atoms with Crippen LogP contribution in [0.25, 0.3) is 0 Å². The number of aromatic carboxylic acids is 1. The van der Waals surface area contributed by atoms with E-state index < -0.39 is 17.9 Å². The fraction of sp³-hybridized carbons (Fsp3) is 0.222. The highest BCUT2D eigenvalue weighted by Crippen LogP contribution is 2.10. The number of nitrogens with one attached hydrogen (secondary N) is 1. The zero-order valence-corrected chi connectivity index (χ0v) is 8.58. The summed E-state index contributed by atoms with van der Waals surface area (Å²) in [5.74, 6) is -1.61. The summed E-state index contributed by atoms with van der Waals surface area (Å²) in [6, 6.07) is -0.551. The molecule has 2 rings (SSSR count). The lowest BCUT2D eigenvalue weighted by atomic mass is 10.2. The van der Waals surface area contributed by atoms with Gasteiger partial charge in [0.05, 0.1) is 18.8 Å². The molecule has 1 aromatic heterocycles. The first-order valence-corrected chi connectivity index (χ1v) is 4.70. The van der Waals surface area contributed by atoms with Crippen molar-refractivity contribution in [3.8, 4) is 0 Å². The fourth-order valence-electron chi connectivity index (χ4n) is 1.42. The Morgan fingerprint density at radius 3 is 2.88 bits per heavy atom. The number of rotatable bonds is 3. The predicted octanol–water partition coefficient (Wildman–Crippen LogP) is -0.773. The molecule has 3 amide bonds. The molecule has 17 heavy (non-hydrogen) atoms. The summed E-state index contributed by atoms with van der Waals surface area (Å²) < 4.78 is 0. The molecule has 2 N–H and O–H groups in total. The van der Waals surface area contributed by atoms with E-state index in [1.165, 1.54) is 6.33 Å². The van der Waals surface area contributed by atoms with E-state index in [2.05, 4.69) is 15.3 Å². The number of carboxylic acids is 1. The van der Waals surface area contributed by atoms with Crippen molar-refractivity contribution in [1.29, 1.82) is 0 Å². The second-order valence-corrected chi connectivity index (χ2v) is 3.33. The van der Waals surface area contributed by atoms with Crippen molar-refractivity contribution in [2.45, 2.75) is 6.54 Å². The zero-order valence-electron chi connectivity index (χ0n) is 8.58. The molecule has 88 valence electrons. The first-order chi connectivity index (χ1) is 8.09. The number of carbonyl (C=O) groups excluding carboxylic acids is 2. The van der Waals surface area contributed by atoms with Crippen molar-refractivity contribution in [3.63, 3.8) is 0 Å². The minimum absolute atomic E-state index is 0.0771. The number of aromatic nitrogens is 2. The highest BCUT2D eigenvalue weighted by atomic mass is 16.4. The molecule has 8 nitrogen and oxygen atoms in total. The molecule has 1 aliphatic rings. The van der Waals surface area contributed by atoms with Crippen LogP contribution in [0, 0.1) is 0 Å². The van der Waals surface area contributed by atoms with Gasteiger partial charge in [-0.15, -0.1) is 0 Å². The zero-order chi connectivity index (χ0) is 12.4. The summed E-state index contributed by atoms with van der Waals surface area (Å²) in [5, 5.41) is 11.2. The molecule has 0 bridgehead atoms. The van der Waals surface area contributed by atoms with Gasteiger partial charge in [0.25, 0.3) is 0 Å². The second-order valence-electron chi connectivity index (χ2n) is 3.33. The Morgan fingerprint density at radius 2 is 2.29 bits per heavy atom. The molecular formula is C9H8N4O4. The van der Waals surface area contributed by atoms with Crippen LogP contribution in [0.2, 0.25) is 0 Å². The van der Waals surface area contributed by atoms with E-state index in [1.807, 2.05) is 0 Å². The van der Waals surface area contributed by atoms with Gasteiger partial charge in [0.1, 0.15) is 11.9 Å². The average molecular weight is 236 g/mol. The van der Waals surface area contributed by atoms with Crippen molar-refractivity contribution < 1.29 is 19.5 Å². The lowest BCUT2D eigenvalue weighted by Crippen LogP contribution is -2.31. The van der Waals surface area contributed by atoms with Crippen molar-refractivity contribution in [2.75, 3.05) is 6.54 Å². The Bertz CT molecular complexity index is 486. The molecule has 0 aliphatic carbocycles. The van der Waals surface area contributed by atoms with Gasteiger partial charge in [-0.05, 0) is 0 Å². The summed E-state index contributed by atoms with van der Waals surface area (Å²) in [4.78, 5) is 41.7. The van der Waals surface area contributed by atoms with E-state index in [1.54, 1.807) is 0 Å². The normalized spacial score (nSPS) is 14.9. The van der Waals surface area contributed by atoms with Gasteiger partial charge in [-0.1, -0.05) is 0 Å². The molecule has 0 atom stereocenters. The Labute approximate surface area is 95.3 Å². The minimum atomic E-state index is -1.20. The number of hydrogen-bond donors (Lipinski definition) is 2. The van der Waals surface area contributed by atoms with E-state index in [0.717, 1.165) is 11.1 Å². The quantitative estimate of drug-likeness (QED) is 0.666. The Balaban J connectivity index is 2.27. The van der Waals surface area contributed by atoms with E-state index >= 15 is 0 Å². The van der Waals surface area contributed by atoms with E-state index in [-0.39, 0.29) is 24.3 Å². The van der Waals surface area contributed by atoms with Crippen LogP contribution >= 0.6 is 0 Å². The van der Waals surface area contributed by atoms with Crippen LogP contribution in [0.5, 0.6) is 0 Å². The van der Waals surface area contributed by atoms with Crippen LogP contribution in [0.3, 0.4) is 0 Å². The number of amides is 3. The van der Waals surface area contributed by atoms with Gasteiger partial charge in [0, 0.05) is 6.20 Å². The summed E-state index contributed by atoms with van der Waals surface area (Å²) in [7, 11) is 0. The molecule has 8 heteroatoms. The number of nitrogens with zero attached hydrogens (tertiary/aromatic N) is 3. The molecule has 1 saturated heterocycles. The summed E-state index contributed by atoms with van der Waals surface area (Å²) in [6.45, 7) is -0.249. The molecule has 0 aromatic carbocycles. The molecule has 1 fully saturated rings. The number of imide groups is 1. The predicted molar refractivity (Wildman–Crippen MR) is 52.9 cm³/mol. The van der Waals surface area contributed by atoms with Gasteiger partial charge in [0.2, 0.25) is 5.91 Å². The van der Waals surface area contributed by atoms with Gasteiger partial charge in [0.15, 0.2) is 0 Å². The van der Waals surface area contributed by atoms with E-state index in [0.29, 0.717) is 0 Å². The molecule has 0 spiro atoms. The average Bonchev–Trinajstić information content (AvgIpc) is 2.61. The SMILES string of the molecule is O=C(O)c1cncnc1CN1C(=O)CNC1=O. The van der Waals surface area contributed by atoms with Crippen LogP contribution in [-0.2, 0) is 11.3 Å². The first kappa shape index (κ1) is 11.0. The molecule has 0 radical (unpaired) electrons. The van der Waals surface area contributed by atoms with Crippen molar-refractivity contribution in [1.82, 2.24) is 20.2 Å². The van der Waals surface area contributed by atoms with Gasteiger partial charge in [-0.2, -0.15) is 0 Å². The third-order valence-electron chi connectivity index (χ3n) is 2.27. The lowest BCUT2D eigenvalue weighted by Gasteiger charge is -2.12. The summed E-state index contributed by atoms with van der Waals surface area (Å²) >= 11 is 0. The van der Waals surface area contributed by atoms with Crippen LogP contribution in [0.1, 0.15) is 16.1 Å². The van der Waals surface area contributed by atoms with Crippen molar-refractivity contribution in [3.05, 3.63) is 23.8 Å². The Kier molecular flexibility index (Phi) is 2.69. The molecular weight excluding hydrogens is 228 g/mol. The second kappa shape index (κ2) is 4.16. The Morgan fingerprint density at radius 1 is 1.53 bits per heavy atom. The topological polar surface area (TPSA) is 112 Å². The van der Waals surface area contributed by atoms with E-state index in [4.69, 9.17) is 5.11 Å². The first-order valence-electron chi connectivity index (χ1n) is 4.70. The largest absolute Gasteiger partial charge is 0.478 e. The maximum Gasteiger partial charge on any atom is 0.339 e. The number of carbonyl (C=O) groups is 3. The summed E-state index contributed by atoms with van der Waals surface area (Å²) in [6.07, 6.45) is 2.29. The number of urea groups is 1. The van der Waals surface area contributed by atoms with Crippen molar-refractivity contribution >= 4 is 17.9 Å². The maximum atomic E-state index is 11.3. The number of hydrogen-bond acceptors (Lipinski definition) is 5. The van der Waals surface area contributed by atoms with Crippen LogP contribution < -0.4 is 5.32 Å². The van der Waals surface area contributed by atoms with Gasteiger partial charge in [-0.3, -0.25) is 9.69 Å². The smallest absolute Gasteiger partial charge is 0.339 e. The van der Waals surface area contributed by atoms with Crippen LogP contribution in [-0.4, -0.2) is 44.4 Å². The van der Waals surface area contributed by atoms with E-state index in [9.17, 15) is 14.4 Å². The molecule has 0 saturated carbocycles. The molecule has 2 heterocycles. The van der Waals surface area contributed by atoms with Crippen LogP contribution in [0.4, 0.5) is 4.79 Å².